The van der Waals surface area contributed by atoms with Crippen molar-refractivity contribution in [2.24, 2.45) is 0 Å². The standard InChI is InChI=1S/C8H11FSi/c1-7(9)10-8-5-3-2-4-6-8/h2-7H,10H2,1H3. The maximum Gasteiger partial charge on any atom is 0.0950 e. The van der Waals surface area contributed by atoms with Gasteiger partial charge in [0.05, 0.1) is 15.3 Å². The first-order valence-corrected chi connectivity index (χ1v) is 4.99. The summed E-state index contributed by atoms with van der Waals surface area (Å²) in [6.07, 6.45) is 0. The second-order valence-electron chi connectivity index (χ2n) is 2.47. The fourth-order valence-corrected chi connectivity index (χ4v) is 2.13. The molecule has 0 aliphatic carbocycles. The van der Waals surface area contributed by atoms with E-state index < -0.39 is 15.3 Å². The average molecular weight is 154 g/mol. The first-order chi connectivity index (χ1) is 4.79. The van der Waals surface area contributed by atoms with Crippen LogP contribution in [0.3, 0.4) is 0 Å². The third-order valence-corrected chi connectivity index (χ3v) is 2.87. The Morgan fingerprint density at radius 3 is 2.40 bits per heavy atom. The molecule has 0 aromatic heterocycles. The zero-order valence-corrected chi connectivity index (χ0v) is 7.46. The molecule has 1 atom stereocenters. The largest absolute Gasteiger partial charge is 0.252 e. The molecule has 0 nitrogen and oxygen atoms in total. The molecule has 1 rings (SSSR count). The van der Waals surface area contributed by atoms with Crippen molar-refractivity contribution in [2.45, 2.75) is 12.7 Å². The van der Waals surface area contributed by atoms with Crippen LogP contribution < -0.4 is 5.19 Å². The highest BCUT2D eigenvalue weighted by Gasteiger charge is 1.99. The molecule has 0 bridgehead atoms. The molecule has 2 heteroatoms. The smallest absolute Gasteiger partial charge is 0.0950 e. The number of benzene rings is 1. The lowest BCUT2D eigenvalue weighted by Crippen LogP contribution is -2.21. The fraction of sp³-hybridized carbons (Fsp3) is 0.250. The minimum absolute atomic E-state index is 0.595. The molecule has 0 fully saturated rings. The fourth-order valence-electron chi connectivity index (χ4n) is 0.939. The predicted molar refractivity (Wildman–Crippen MR) is 45.2 cm³/mol. The van der Waals surface area contributed by atoms with E-state index in [1.165, 1.54) is 5.19 Å². The third kappa shape index (κ3) is 2.31. The van der Waals surface area contributed by atoms with Crippen molar-refractivity contribution in [1.82, 2.24) is 0 Å². The SMILES string of the molecule is CC(F)[SiH2]c1ccccc1. The second-order valence-corrected chi connectivity index (χ2v) is 4.82. The van der Waals surface area contributed by atoms with E-state index in [4.69, 9.17) is 0 Å². The van der Waals surface area contributed by atoms with E-state index in [2.05, 4.69) is 0 Å². The number of hydrogen-bond acceptors (Lipinski definition) is 0. The van der Waals surface area contributed by atoms with Gasteiger partial charge in [-0.3, -0.25) is 4.39 Å². The van der Waals surface area contributed by atoms with E-state index in [0.29, 0.717) is 0 Å². The summed E-state index contributed by atoms with van der Waals surface area (Å²) >= 11 is 0. The maximum atomic E-state index is 12.4. The van der Waals surface area contributed by atoms with Crippen LogP contribution in [0.1, 0.15) is 6.92 Å². The second kappa shape index (κ2) is 3.51. The summed E-state index contributed by atoms with van der Waals surface area (Å²) in [5, 5.41) is 1.21. The summed E-state index contributed by atoms with van der Waals surface area (Å²) in [5.41, 5.74) is 0. The Hall–Kier alpha value is -0.633. The number of hydrogen-bond donors (Lipinski definition) is 0. The van der Waals surface area contributed by atoms with Gasteiger partial charge in [-0.05, 0) is 6.92 Å². The van der Waals surface area contributed by atoms with Crippen LogP contribution in [-0.2, 0) is 0 Å². The molecule has 0 saturated carbocycles. The lowest BCUT2D eigenvalue weighted by atomic mass is 10.4. The summed E-state index contributed by atoms with van der Waals surface area (Å²) in [6, 6.07) is 9.89. The van der Waals surface area contributed by atoms with Gasteiger partial charge in [0.15, 0.2) is 0 Å². The van der Waals surface area contributed by atoms with E-state index in [9.17, 15) is 4.39 Å². The average Bonchev–Trinajstić information content (AvgIpc) is 1.88. The molecule has 10 heavy (non-hydrogen) atoms. The summed E-state index contributed by atoms with van der Waals surface area (Å²) in [4.78, 5) is 0. The Bertz CT molecular complexity index is 184. The Balaban J connectivity index is 2.59. The van der Waals surface area contributed by atoms with E-state index >= 15 is 0 Å². The van der Waals surface area contributed by atoms with E-state index in [1.54, 1.807) is 6.92 Å². The molecule has 0 aliphatic heterocycles. The van der Waals surface area contributed by atoms with Crippen molar-refractivity contribution >= 4 is 14.7 Å². The molecule has 0 aliphatic rings. The van der Waals surface area contributed by atoms with Crippen molar-refractivity contribution in [3.8, 4) is 0 Å². The Labute approximate surface area is 62.9 Å². The van der Waals surface area contributed by atoms with Gasteiger partial charge in [0, 0.05) is 0 Å². The van der Waals surface area contributed by atoms with Crippen molar-refractivity contribution < 1.29 is 4.39 Å². The van der Waals surface area contributed by atoms with Crippen LogP contribution in [0.4, 0.5) is 4.39 Å². The van der Waals surface area contributed by atoms with Crippen LogP contribution >= 0.6 is 0 Å². The first kappa shape index (κ1) is 7.47. The van der Waals surface area contributed by atoms with Gasteiger partial charge >= 0.3 is 0 Å². The lowest BCUT2D eigenvalue weighted by molar-refractivity contribution is 0.471. The van der Waals surface area contributed by atoms with Gasteiger partial charge in [-0.1, -0.05) is 35.5 Å². The molecule has 1 aromatic rings. The van der Waals surface area contributed by atoms with Crippen LogP contribution in [-0.4, -0.2) is 15.3 Å². The van der Waals surface area contributed by atoms with E-state index in [-0.39, 0.29) is 0 Å². The number of rotatable bonds is 2. The first-order valence-electron chi connectivity index (χ1n) is 3.47. The van der Waals surface area contributed by atoms with Crippen molar-refractivity contribution in [1.29, 1.82) is 0 Å². The van der Waals surface area contributed by atoms with Crippen LogP contribution in [0, 0.1) is 0 Å². The van der Waals surface area contributed by atoms with E-state index in [0.717, 1.165) is 0 Å². The highest BCUT2D eigenvalue weighted by atomic mass is 28.2. The molecule has 0 saturated heterocycles. The van der Waals surface area contributed by atoms with E-state index in [1.807, 2.05) is 30.3 Å². The molecule has 0 amide bonds. The maximum absolute atomic E-state index is 12.4. The Morgan fingerprint density at radius 2 is 1.90 bits per heavy atom. The molecule has 54 valence electrons. The zero-order valence-electron chi connectivity index (χ0n) is 6.05. The molecule has 0 radical (unpaired) electrons. The van der Waals surface area contributed by atoms with Crippen molar-refractivity contribution in [2.75, 3.05) is 0 Å². The molecule has 1 unspecified atom stereocenters. The number of halogens is 1. The zero-order chi connectivity index (χ0) is 7.40. The Morgan fingerprint density at radius 1 is 1.30 bits per heavy atom. The molecular weight excluding hydrogens is 143 g/mol. The summed E-state index contributed by atoms with van der Waals surface area (Å²) in [5.74, 6) is -0.595. The van der Waals surface area contributed by atoms with Gasteiger partial charge in [0.2, 0.25) is 0 Å². The van der Waals surface area contributed by atoms with Crippen molar-refractivity contribution in [3.05, 3.63) is 30.3 Å². The Kier molecular flexibility index (Phi) is 2.63. The molecule has 0 spiro atoms. The lowest BCUT2D eigenvalue weighted by Gasteiger charge is -1.98. The quantitative estimate of drug-likeness (QED) is 0.553. The molecular formula is C8H11FSi. The molecule has 0 N–H and O–H groups in total. The van der Waals surface area contributed by atoms with Gasteiger partial charge in [0.25, 0.3) is 0 Å². The minimum Gasteiger partial charge on any atom is -0.252 e. The van der Waals surface area contributed by atoms with Gasteiger partial charge in [-0.25, -0.2) is 0 Å². The third-order valence-electron chi connectivity index (χ3n) is 1.36. The highest BCUT2D eigenvalue weighted by molar-refractivity contribution is 6.54. The molecule has 1 aromatic carbocycles. The summed E-state index contributed by atoms with van der Waals surface area (Å²) in [6.45, 7) is 1.64. The number of alkyl halides is 1. The monoisotopic (exact) mass is 154 g/mol. The summed E-state index contributed by atoms with van der Waals surface area (Å²) < 4.78 is 12.4. The van der Waals surface area contributed by atoms with Gasteiger partial charge < -0.3 is 0 Å². The van der Waals surface area contributed by atoms with Gasteiger partial charge in [0.1, 0.15) is 0 Å². The topological polar surface area (TPSA) is 0 Å². The van der Waals surface area contributed by atoms with Crippen LogP contribution in [0.2, 0.25) is 0 Å². The van der Waals surface area contributed by atoms with Crippen LogP contribution in [0.25, 0.3) is 0 Å². The van der Waals surface area contributed by atoms with Crippen molar-refractivity contribution in [3.63, 3.8) is 0 Å². The van der Waals surface area contributed by atoms with Gasteiger partial charge in [-0.15, -0.1) is 0 Å². The molecule has 0 heterocycles. The van der Waals surface area contributed by atoms with Gasteiger partial charge in [-0.2, -0.15) is 0 Å². The van der Waals surface area contributed by atoms with Crippen LogP contribution in [0.5, 0.6) is 0 Å². The minimum atomic E-state index is -0.643. The summed E-state index contributed by atoms with van der Waals surface area (Å²) in [7, 11) is -0.643. The normalized spacial score (nSPS) is 14.2. The highest BCUT2D eigenvalue weighted by Crippen LogP contribution is 1.87. The predicted octanol–water partition coefficient (Wildman–Crippen LogP) is 0.796. The van der Waals surface area contributed by atoms with Crippen LogP contribution in [0.15, 0.2) is 30.3 Å².